The van der Waals surface area contributed by atoms with Crippen molar-refractivity contribution >= 4 is 50.9 Å². The lowest BCUT2D eigenvalue weighted by atomic mass is 9.90. The lowest BCUT2D eigenvalue weighted by Crippen LogP contribution is -2.41. The molecule has 8 heteroatoms. The number of pyridine rings is 2. The first-order valence-electron chi connectivity index (χ1n) is 12.3. The van der Waals surface area contributed by atoms with Crippen molar-refractivity contribution in [2.24, 2.45) is 0 Å². The molecular formula is C30H34BBrN2O4. The third-order valence-corrected chi connectivity index (χ3v) is 6.98. The van der Waals surface area contributed by atoms with Gasteiger partial charge in [-0.3, -0.25) is 9.97 Å². The fraction of sp³-hybridized carbons (Fsp3) is 0.267. The van der Waals surface area contributed by atoms with Gasteiger partial charge >= 0.3 is 7.12 Å². The molecule has 0 saturated carbocycles. The van der Waals surface area contributed by atoms with Crippen molar-refractivity contribution in [2.75, 3.05) is 0 Å². The summed E-state index contributed by atoms with van der Waals surface area (Å²) in [5.74, 6) is 1.68. The first-order valence-corrected chi connectivity index (χ1v) is 13.1. The minimum absolute atomic E-state index is 0.0637. The van der Waals surface area contributed by atoms with Crippen LogP contribution in [0.5, 0.6) is 0 Å². The van der Waals surface area contributed by atoms with Crippen LogP contribution in [-0.4, -0.2) is 38.5 Å². The molecule has 0 amide bonds. The number of aromatic nitrogens is 2. The predicted molar refractivity (Wildman–Crippen MR) is 159 cm³/mol. The molecule has 1 aliphatic rings. The summed E-state index contributed by atoms with van der Waals surface area (Å²) in [5.41, 5.74) is 4.23. The number of fused-ring (bicyclic) bond motifs is 2. The SMILES string of the molecule is C=CB1OC(C)(C)C(C)(C)O1.C=Cc1cnc2ccc(CO)cc2c1.OCc1ccc2ncc(Br)cc2c1. The molecule has 0 radical (unpaired) electrons. The molecule has 6 nitrogen and oxygen atoms in total. The van der Waals surface area contributed by atoms with Gasteiger partial charge in [-0.2, -0.15) is 0 Å². The van der Waals surface area contributed by atoms with E-state index in [9.17, 15) is 0 Å². The smallest absolute Gasteiger partial charge is 0.400 e. The maximum absolute atomic E-state index is 8.98. The van der Waals surface area contributed by atoms with Crippen LogP contribution in [0.25, 0.3) is 27.9 Å². The predicted octanol–water partition coefficient (Wildman–Crippen LogP) is 6.66. The lowest BCUT2D eigenvalue weighted by Gasteiger charge is -2.32. The Morgan fingerprint density at radius 1 is 0.816 bits per heavy atom. The zero-order valence-corrected chi connectivity index (χ0v) is 23.9. The summed E-state index contributed by atoms with van der Waals surface area (Å²) in [6.45, 7) is 15.5. The van der Waals surface area contributed by atoms with E-state index in [0.29, 0.717) is 0 Å². The van der Waals surface area contributed by atoms with Gasteiger partial charge in [0, 0.05) is 27.6 Å². The highest BCUT2D eigenvalue weighted by atomic mass is 79.9. The zero-order valence-electron chi connectivity index (χ0n) is 22.3. The maximum Gasteiger partial charge on any atom is 0.486 e. The van der Waals surface area contributed by atoms with E-state index in [1.807, 2.05) is 76.2 Å². The molecule has 3 heterocycles. The summed E-state index contributed by atoms with van der Waals surface area (Å²) in [4.78, 5) is 8.50. The van der Waals surface area contributed by atoms with Crippen molar-refractivity contribution in [3.8, 4) is 0 Å². The molecule has 2 aromatic heterocycles. The van der Waals surface area contributed by atoms with Gasteiger partial charge < -0.3 is 19.5 Å². The van der Waals surface area contributed by atoms with Crippen molar-refractivity contribution in [3.63, 3.8) is 0 Å². The lowest BCUT2D eigenvalue weighted by molar-refractivity contribution is 0.00578. The van der Waals surface area contributed by atoms with E-state index >= 15 is 0 Å². The van der Waals surface area contributed by atoms with Crippen LogP contribution in [-0.2, 0) is 22.5 Å². The van der Waals surface area contributed by atoms with E-state index in [0.717, 1.165) is 43.0 Å². The third kappa shape index (κ3) is 7.37. The Hall–Kier alpha value is -2.88. The van der Waals surface area contributed by atoms with Gasteiger partial charge in [0.05, 0.1) is 35.4 Å². The molecule has 2 aromatic carbocycles. The van der Waals surface area contributed by atoms with E-state index < -0.39 is 0 Å². The molecule has 198 valence electrons. The molecule has 0 unspecified atom stereocenters. The number of rotatable bonds is 4. The first-order chi connectivity index (χ1) is 18.0. The van der Waals surface area contributed by atoms with Crippen molar-refractivity contribution in [1.29, 1.82) is 0 Å². The Bertz CT molecular complexity index is 1410. The molecule has 2 N–H and O–H groups in total. The van der Waals surface area contributed by atoms with Crippen LogP contribution in [0.2, 0.25) is 0 Å². The van der Waals surface area contributed by atoms with Crippen molar-refractivity contribution < 1.29 is 19.5 Å². The number of hydrogen-bond acceptors (Lipinski definition) is 6. The second kappa shape index (κ2) is 12.8. The molecule has 0 bridgehead atoms. The summed E-state index contributed by atoms with van der Waals surface area (Å²) in [7, 11) is -0.250. The summed E-state index contributed by atoms with van der Waals surface area (Å²) < 4.78 is 12.1. The quantitative estimate of drug-likeness (QED) is 0.264. The number of aliphatic hydroxyl groups is 2. The van der Waals surface area contributed by atoms with E-state index in [1.54, 1.807) is 24.4 Å². The summed E-state index contributed by atoms with van der Waals surface area (Å²) in [6.07, 6.45) is 5.31. The highest BCUT2D eigenvalue weighted by molar-refractivity contribution is 9.10. The second-order valence-electron chi connectivity index (χ2n) is 9.86. The summed E-state index contributed by atoms with van der Waals surface area (Å²) >= 11 is 3.35. The molecule has 1 fully saturated rings. The second-order valence-corrected chi connectivity index (χ2v) is 10.8. The van der Waals surface area contributed by atoms with Gasteiger partial charge in [0.1, 0.15) is 0 Å². The van der Waals surface area contributed by atoms with Gasteiger partial charge in [-0.25, -0.2) is 0 Å². The van der Waals surface area contributed by atoms with Crippen molar-refractivity contribution in [2.45, 2.75) is 52.1 Å². The molecule has 1 saturated heterocycles. The molecule has 0 aliphatic carbocycles. The maximum atomic E-state index is 8.98. The van der Waals surface area contributed by atoms with Gasteiger partial charge in [-0.1, -0.05) is 30.8 Å². The topological polar surface area (TPSA) is 84.7 Å². The standard InChI is InChI=1S/C12H11NO.C10H8BrNO.C8H15BO2/c1-2-9-5-11-6-10(8-14)3-4-12(11)13-7-9;11-9-4-8-3-7(6-13)1-2-10(8)12-5-9;1-6-9-10-7(2,3)8(4,5)11-9/h2-7,14H,1,8H2;1-5,13H,6H2;6H,1H2,2-5H3. The average Bonchev–Trinajstić information content (AvgIpc) is 3.13. The molecule has 0 atom stereocenters. The Balaban J connectivity index is 0.000000159. The summed E-state index contributed by atoms with van der Waals surface area (Å²) in [6, 6.07) is 15.5. The molecular weight excluding hydrogens is 543 g/mol. The van der Waals surface area contributed by atoms with Crippen LogP contribution in [0, 0.1) is 0 Å². The Morgan fingerprint density at radius 3 is 1.76 bits per heavy atom. The molecule has 0 spiro atoms. The van der Waals surface area contributed by atoms with E-state index in [1.165, 1.54) is 0 Å². The normalized spacial score (nSPS) is 15.3. The van der Waals surface area contributed by atoms with E-state index in [2.05, 4.69) is 39.1 Å². The first kappa shape index (κ1) is 29.7. The van der Waals surface area contributed by atoms with Gasteiger partial charge in [0.2, 0.25) is 0 Å². The molecule has 1 aliphatic heterocycles. The largest absolute Gasteiger partial charge is 0.486 e. The van der Waals surface area contributed by atoms with Crippen molar-refractivity contribution in [1.82, 2.24) is 9.97 Å². The molecule has 38 heavy (non-hydrogen) atoms. The van der Waals surface area contributed by atoms with Gasteiger partial charge in [-0.05, 0) is 96.7 Å². The average molecular weight is 577 g/mol. The highest BCUT2D eigenvalue weighted by Gasteiger charge is 2.49. The van der Waals surface area contributed by atoms with E-state index in [4.69, 9.17) is 19.5 Å². The van der Waals surface area contributed by atoms with Crippen LogP contribution in [0.1, 0.15) is 44.4 Å². The summed E-state index contributed by atoms with van der Waals surface area (Å²) in [5, 5.41) is 20.0. The van der Waals surface area contributed by atoms with Gasteiger partial charge in [0.15, 0.2) is 0 Å². The minimum atomic E-state index is -0.250. The number of hydrogen-bond donors (Lipinski definition) is 2. The Morgan fingerprint density at radius 2 is 1.32 bits per heavy atom. The fourth-order valence-electron chi connectivity index (χ4n) is 3.65. The van der Waals surface area contributed by atoms with Gasteiger partial charge in [-0.15, -0.1) is 6.58 Å². The monoisotopic (exact) mass is 576 g/mol. The highest BCUT2D eigenvalue weighted by Crippen LogP contribution is 2.36. The number of aliphatic hydroxyl groups excluding tert-OH is 2. The number of benzene rings is 2. The minimum Gasteiger partial charge on any atom is -0.400 e. The Kier molecular flexibility index (Phi) is 9.98. The Labute approximate surface area is 233 Å². The van der Waals surface area contributed by atoms with Crippen LogP contribution < -0.4 is 0 Å². The van der Waals surface area contributed by atoms with Crippen LogP contribution >= 0.6 is 15.9 Å². The van der Waals surface area contributed by atoms with Crippen molar-refractivity contribution in [3.05, 3.63) is 101 Å². The third-order valence-electron chi connectivity index (χ3n) is 6.54. The van der Waals surface area contributed by atoms with Gasteiger partial charge in [0.25, 0.3) is 0 Å². The van der Waals surface area contributed by atoms with Crippen LogP contribution in [0.15, 0.2) is 84.5 Å². The fourth-order valence-corrected chi connectivity index (χ4v) is 3.99. The van der Waals surface area contributed by atoms with Crippen LogP contribution in [0.3, 0.4) is 0 Å². The van der Waals surface area contributed by atoms with E-state index in [-0.39, 0.29) is 31.5 Å². The molecule has 4 aromatic rings. The number of nitrogens with zero attached hydrogens (tertiary/aromatic N) is 2. The molecule has 5 rings (SSSR count). The number of halogens is 1. The van der Waals surface area contributed by atoms with Crippen LogP contribution in [0.4, 0.5) is 0 Å². The zero-order chi connectivity index (χ0) is 27.9.